The van der Waals surface area contributed by atoms with Gasteiger partial charge in [0.1, 0.15) is 11.1 Å². The summed E-state index contributed by atoms with van der Waals surface area (Å²) in [5.74, 6) is 0.813. The summed E-state index contributed by atoms with van der Waals surface area (Å²) in [6, 6.07) is 0. The van der Waals surface area contributed by atoms with E-state index in [0.29, 0.717) is 25.2 Å². The van der Waals surface area contributed by atoms with Crippen molar-refractivity contribution in [2.45, 2.75) is 37.3 Å². The first-order valence-corrected chi connectivity index (χ1v) is 7.89. The average Bonchev–Trinajstić information content (AvgIpc) is 2.84. The van der Waals surface area contributed by atoms with E-state index in [1.54, 1.807) is 0 Å². The van der Waals surface area contributed by atoms with E-state index >= 15 is 0 Å². The van der Waals surface area contributed by atoms with Crippen molar-refractivity contribution in [2.24, 2.45) is 5.92 Å². The molecule has 0 unspecified atom stereocenters. The van der Waals surface area contributed by atoms with Crippen LogP contribution >= 0.6 is 11.6 Å². The highest BCUT2D eigenvalue weighted by atomic mass is 35.5. The molecule has 2 bridgehead atoms. The average molecular weight is 325 g/mol. The topological polar surface area (TPSA) is 87.3 Å². The Morgan fingerprint density at radius 3 is 2.95 bits per heavy atom. The Morgan fingerprint density at radius 2 is 2.27 bits per heavy atom. The van der Waals surface area contributed by atoms with Crippen molar-refractivity contribution in [3.05, 3.63) is 21.6 Å². The molecule has 5 rings (SSSR count). The molecule has 1 saturated heterocycles. The molecule has 1 amide bonds. The van der Waals surface area contributed by atoms with Gasteiger partial charge >= 0.3 is 6.09 Å². The second kappa shape index (κ2) is 4.87. The van der Waals surface area contributed by atoms with Crippen LogP contribution in [-0.2, 0) is 4.74 Å². The molecule has 3 saturated carbocycles. The van der Waals surface area contributed by atoms with Gasteiger partial charge in [-0.25, -0.2) is 9.89 Å². The van der Waals surface area contributed by atoms with Crippen LogP contribution in [0.5, 0.6) is 0 Å². The standard InChI is InChI=1S/C14H17ClN4O3/c15-11-10(6-16-18-12(11)20)19-2-1-9(7-19)22-13(21)17-14-3-8(4-14)5-14/h6,8-9H,1-5,7H2,(H,17,21)(H,18,20)/t8?,9-,14?/m1/s1. The van der Waals surface area contributed by atoms with Crippen LogP contribution in [0.2, 0.25) is 5.02 Å². The Balaban J connectivity index is 1.35. The third-order valence-electron chi connectivity index (χ3n) is 4.94. The highest BCUT2D eigenvalue weighted by Crippen LogP contribution is 2.56. The number of H-pyrrole nitrogens is 1. The second-order valence-electron chi connectivity index (χ2n) is 6.54. The Bertz CT molecular complexity index is 659. The lowest BCUT2D eigenvalue weighted by atomic mass is 9.50. The van der Waals surface area contributed by atoms with Crippen LogP contribution in [0.4, 0.5) is 10.5 Å². The maximum atomic E-state index is 12.0. The number of nitrogens with zero attached hydrogens (tertiary/aromatic N) is 2. The van der Waals surface area contributed by atoms with Crippen LogP contribution in [0.15, 0.2) is 11.0 Å². The molecule has 1 atom stereocenters. The summed E-state index contributed by atoms with van der Waals surface area (Å²) < 4.78 is 5.49. The van der Waals surface area contributed by atoms with Gasteiger partial charge in [0.25, 0.3) is 5.56 Å². The molecule has 4 fully saturated rings. The van der Waals surface area contributed by atoms with E-state index in [9.17, 15) is 9.59 Å². The predicted molar refractivity (Wildman–Crippen MR) is 80.2 cm³/mol. The van der Waals surface area contributed by atoms with Crippen molar-refractivity contribution >= 4 is 23.4 Å². The third-order valence-corrected chi connectivity index (χ3v) is 5.31. The summed E-state index contributed by atoms with van der Waals surface area (Å²) in [6.45, 7) is 1.20. The fraction of sp³-hybridized carbons (Fsp3) is 0.643. The van der Waals surface area contributed by atoms with Crippen molar-refractivity contribution in [3.8, 4) is 0 Å². The highest BCUT2D eigenvalue weighted by Gasteiger charge is 2.57. The number of aromatic nitrogens is 2. The molecule has 8 heteroatoms. The van der Waals surface area contributed by atoms with Crippen LogP contribution in [-0.4, -0.2) is 41.0 Å². The Labute approximate surface area is 132 Å². The zero-order valence-electron chi connectivity index (χ0n) is 12.0. The summed E-state index contributed by atoms with van der Waals surface area (Å²) in [6.07, 6.45) is 4.98. The summed E-state index contributed by atoms with van der Waals surface area (Å²) in [5.41, 5.74) is 0.196. The van der Waals surface area contributed by atoms with E-state index in [1.807, 2.05) is 4.90 Å². The van der Waals surface area contributed by atoms with Crippen LogP contribution in [0.1, 0.15) is 25.7 Å². The van der Waals surface area contributed by atoms with Crippen LogP contribution in [0, 0.1) is 5.92 Å². The van der Waals surface area contributed by atoms with Gasteiger partial charge in [-0.1, -0.05) is 11.6 Å². The number of amides is 1. The first-order valence-electron chi connectivity index (χ1n) is 7.52. The molecular formula is C14H17ClN4O3. The van der Waals surface area contributed by atoms with Gasteiger partial charge in [-0.05, 0) is 25.2 Å². The van der Waals surface area contributed by atoms with Crippen LogP contribution in [0.3, 0.4) is 0 Å². The Kier molecular flexibility index (Phi) is 3.07. The SMILES string of the molecule is O=C(NC12CC(C1)C2)O[C@@H]1CCN(c2cn[nH]c(=O)c2Cl)C1. The van der Waals surface area contributed by atoms with Crippen molar-refractivity contribution in [3.63, 3.8) is 0 Å². The number of carbonyl (C=O) groups excluding carboxylic acids is 1. The normalized spacial score (nSPS) is 32.1. The van der Waals surface area contributed by atoms with Gasteiger partial charge < -0.3 is 15.0 Å². The van der Waals surface area contributed by atoms with Gasteiger partial charge in [0, 0.05) is 18.5 Å². The zero-order valence-corrected chi connectivity index (χ0v) is 12.7. The third kappa shape index (κ3) is 2.24. The minimum absolute atomic E-state index is 0.0278. The van der Waals surface area contributed by atoms with E-state index in [-0.39, 0.29) is 22.8 Å². The van der Waals surface area contributed by atoms with Gasteiger partial charge in [-0.3, -0.25) is 4.79 Å². The summed E-state index contributed by atoms with van der Waals surface area (Å²) in [4.78, 5) is 25.4. The smallest absolute Gasteiger partial charge is 0.407 e. The lowest BCUT2D eigenvalue weighted by Crippen LogP contribution is -2.68. The summed E-state index contributed by atoms with van der Waals surface area (Å²) >= 11 is 6.00. The van der Waals surface area contributed by atoms with Crippen molar-refractivity contribution in [1.29, 1.82) is 0 Å². The molecule has 2 heterocycles. The summed E-state index contributed by atoms with van der Waals surface area (Å²) in [7, 11) is 0. The summed E-state index contributed by atoms with van der Waals surface area (Å²) in [5, 5.41) is 9.16. The number of hydrogen-bond acceptors (Lipinski definition) is 5. The number of rotatable bonds is 3. The number of hydrogen-bond donors (Lipinski definition) is 2. The number of ether oxygens (including phenoxy) is 1. The van der Waals surface area contributed by atoms with E-state index in [0.717, 1.165) is 25.2 Å². The molecule has 4 aliphatic rings. The van der Waals surface area contributed by atoms with Gasteiger partial charge in [-0.15, -0.1) is 0 Å². The molecule has 22 heavy (non-hydrogen) atoms. The van der Waals surface area contributed by atoms with Gasteiger partial charge in [-0.2, -0.15) is 5.10 Å². The fourth-order valence-corrected chi connectivity index (χ4v) is 3.88. The monoisotopic (exact) mass is 324 g/mol. The first kappa shape index (κ1) is 13.9. The molecule has 7 nitrogen and oxygen atoms in total. The molecule has 0 aromatic carbocycles. The van der Waals surface area contributed by atoms with Crippen LogP contribution in [0.25, 0.3) is 0 Å². The fourth-order valence-electron chi connectivity index (χ4n) is 3.67. The lowest BCUT2D eigenvalue weighted by Gasteiger charge is -2.61. The number of anilines is 1. The van der Waals surface area contributed by atoms with E-state index < -0.39 is 5.56 Å². The van der Waals surface area contributed by atoms with Crippen molar-refractivity contribution in [2.75, 3.05) is 18.0 Å². The van der Waals surface area contributed by atoms with Crippen LogP contribution < -0.4 is 15.8 Å². The maximum Gasteiger partial charge on any atom is 0.407 e. The zero-order chi connectivity index (χ0) is 15.3. The minimum Gasteiger partial charge on any atom is -0.444 e. The molecule has 0 radical (unpaired) electrons. The highest BCUT2D eigenvalue weighted by molar-refractivity contribution is 6.33. The first-order chi connectivity index (χ1) is 10.5. The number of halogens is 1. The largest absolute Gasteiger partial charge is 0.444 e. The maximum absolute atomic E-state index is 12.0. The lowest BCUT2D eigenvalue weighted by molar-refractivity contribution is -0.0501. The van der Waals surface area contributed by atoms with E-state index in [4.69, 9.17) is 16.3 Å². The predicted octanol–water partition coefficient (Wildman–Crippen LogP) is 1.28. The second-order valence-corrected chi connectivity index (χ2v) is 6.92. The van der Waals surface area contributed by atoms with E-state index in [1.165, 1.54) is 6.20 Å². The molecular weight excluding hydrogens is 308 g/mol. The molecule has 1 aromatic rings. The molecule has 1 aliphatic heterocycles. The number of nitrogens with one attached hydrogen (secondary N) is 2. The van der Waals surface area contributed by atoms with E-state index in [2.05, 4.69) is 15.5 Å². The van der Waals surface area contributed by atoms with Crippen molar-refractivity contribution in [1.82, 2.24) is 15.5 Å². The van der Waals surface area contributed by atoms with Gasteiger partial charge in [0.2, 0.25) is 0 Å². The minimum atomic E-state index is -0.412. The number of aromatic amines is 1. The molecule has 3 aliphatic carbocycles. The van der Waals surface area contributed by atoms with Crippen molar-refractivity contribution < 1.29 is 9.53 Å². The van der Waals surface area contributed by atoms with Gasteiger partial charge in [0.05, 0.1) is 18.4 Å². The van der Waals surface area contributed by atoms with Gasteiger partial charge in [0.15, 0.2) is 0 Å². The Hall–Kier alpha value is -1.76. The molecule has 2 N–H and O–H groups in total. The molecule has 118 valence electrons. The quantitative estimate of drug-likeness (QED) is 0.874. The molecule has 1 aromatic heterocycles. The number of alkyl carbamates (subject to hydrolysis) is 1. The number of carbonyl (C=O) groups is 1. The Morgan fingerprint density at radius 1 is 1.50 bits per heavy atom. The molecule has 0 spiro atoms.